The Bertz CT molecular complexity index is 260. The van der Waals surface area contributed by atoms with Gasteiger partial charge < -0.3 is 4.90 Å². The number of rotatable bonds is 4. The smallest absolute Gasteiger partial charge is 0.241 e. The second-order valence-electron chi connectivity index (χ2n) is 5.57. The van der Waals surface area contributed by atoms with E-state index in [9.17, 15) is 4.79 Å². The highest BCUT2D eigenvalue weighted by Crippen LogP contribution is 2.45. The van der Waals surface area contributed by atoms with Crippen molar-refractivity contribution >= 4 is 5.91 Å². The van der Waals surface area contributed by atoms with Crippen molar-refractivity contribution in [3.63, 3.8) is 0 Å². The number of hydrogen-bond acceptors (Lipinski definition) is 2. The number of hydrogen-bond donors (Lipinski definition) is 1. The van der Waals surface area contributed by atoms with Gasteiger partial charge in [0.25, 0.3) is 0 Å². The van der Waals surface area contributed by atoms with Crippen molar-refractivity contribution in [2.75, 3.05) is 13.2 Å². The molecule has 86 valence electrons. The largest absolute Gasteiger partial charge is 0.328 e. The van der Waals surface area contributed by atoms with Crippen LogP contribution in [-0.4, -0.2) is 30.1 Å². The van der Waals surface area contributed by atoms with Crippen molar-refractivity contribution < 1.29 is 4.79 Å². The van der Waals surface area contributed by atoms with E-state index < -0.39 is 0 Å². The maximum atomic E-state index is 12.1. The standard InChI is InChI=1S/C12H22N2O/c1-4-9(2)10-11(15)14(8-13-10)7-12(3)5-6-12/h9-10,13H,4-8H2,1-3H3. The highest BCUT2D eigenvalue weighted by Gasteiger charge is 2.43. The zero-order chi connectivity index (χ0) is 11.1. The van der Waals surface area contributed by atoms with Crippen LogP contribution < -0.4 is 5.32 Å². The molecule has 1 aliphatic heterocycles. The average Bonchev–Trinajstić information content (AvgIpc) is 2.83. The van der Waals surface area contributed by atoms with Gasteiger partial charge in [-0.15, -0.1) is 0 Å². The average molecular weight is 210 g/mol. The molecule has 0 aromatic carbocycles. The lowest BCUT2D eigenvalue weighted by atomic mass is 9.99. The number of carbonyl (C=O) groups excluding carboxylic acids is 1. The molecule has 1 heterocycles. The Balaban J connectivity index is 1.92. The summed E-state index contributed by atoms with van der Waals surface area (Å²) in [6.07, 6.45) is 3.63. The van der Waals surface area contributed by atoms with E-state index in [2.05, 4.69) is 26.1 Å². The van der Waals surface area contributed by atoms with E-state index in [1.54, 1.807) is 0 Å². The van der Waals surface area contributed by atoms with Crippen LogP contribution in [0.25, 0.3) is 0 Å². The van der Waals surface area contributed by atoms with Crippen molar-refractivity contribution in [3.05, 3.63) is 0 Å². The molecular formula is C12H22N2O. The van der Waals surface area contributed by atoms with Crippen LogP contribution in [0, 0.1) is 11.3 Å². The van der Waals surface area contributed by atoms with Crippen molar-refractivity contribution in [2.45, 2.75) is 46.1 Å². The summed E-state index contributed by atoms with van der Waals surface area (Å²) in [5.41, 5.74) is 0.432. The normalized spacial score (nSPS) is 30.7. The molecule has 0 spiro atoms. The van der Waals surface area contributed by atoms with Gasteiger partial charge in [0.1, 0.15) is 0 Å². The van der Waals surface area contributed by atoms with Crippen molar-refractivity contribution in [1.82, 2.24) is 10.2 Å². The number of carbonyl (C=O) groups is 1. The molecule has 1 saturated carbocycles. The van der Waals surface area contributed by atoms with Gasteiger partial charge in [-0.1, -0.05) is 27.2 Å². The molecule has 3 heteroatoms. The molecule has 15 heavy (non-hydrogen) atoms. The topological polar surface area (TPSA) is 32.3 Å². The van der Waals surface area contributed by atoms with Gasteiger partial charge in [0.15, 0.2) is 0 Å². The molecule has 2 fully saturated rings. The van der Waals surface area contributed by atoms with E-state index in [0.717, 1.165) is 19.6 Å². The Morgan fingerprint density at radius 2 is 2.27 bits per heavy atom. The summed E-state index contributed by atoms with van der Waals surface area (Å²) in [6, 6.07) is 0.0670. The Labute approximate surface area is 92.2 Å². The first-order valence-corrected chi connectivity index (χ1v) is 6.08. The van der Waals surface area contributed by atoms with E-state index in [4.69, 9.17) is 0 Å². The quantitative estimate of drug-likeness (QED) is 0.764. The summed E-state index contributed by atoms with van der Waals surface area (Å²) in [4.78, 5) is 14.1. The van der Waals surface area contributed by atoms with Crippen LogP contribution in [0.15, 0.2) is 0 Å². The first-order valence-electron chi connectivity index (χ1n) is 6.08. The molecule has 2 unspecified atom stereocenters. The van der Waals surface area contributed by atoms with Gasteiger partial charge in [0, 0.05) is 6.54 Å². The number of nitrogens with zero attached hydrogens (tertiary/aromatic N) is 1. The Hall–Kier alpha value is -0.570. The Kier molecular flexibility index (Phi) is 2.75. The molecule has 0 aromatic rings. The zero-order valence-corrected chi connectivity index (χ0v) is 10.0. The fourth-order valence-corrected chi connectivity index (χ4v) is 2.22. The van der Waals surface area contributed by atoms with Gasteiger partial charge in [-0.2, -0.15) is 0 Å². The molecule has 3 nitrogen and oxygen atoms in total. The van der Waals surface area contributed by atoms with E-state index in [-0.39, 0.29) is 6.04 Å². The first-order chi connectivity index (χ1) is 7.06. The van der Waals surface area contributed by atoms with E-state index in [1.165, 1.54) is 12.8 Å². The SMILES string of the molecule is CCC(C)C1NCN(CC2(C)CC2)C1=O. The Morgan fingerprint density at radius 1 is 1.60 bits per heavy atom. The summed E-state index contributed by atoms with van der Waals surface area (Å²) in [6.45, 7) is 8.27. The molecule has 1 aliphatic carbocycles. The molecule has 2 atom stereocenters. The molecule has 0 aromatic heterocycles. The van der Waals surface area contributed by atoms with Gasteiger partial charge in [0.05, 0.1) is 12.7 Å². The summed E-state index contributed by atoms with van der Waals surface area (Å²) in [7, 11) is 0. The van der Waals surface area contributed by atoms with E-state index >= 15 is 0 Å². The molecule has 1 N–H and O–H groups in total. The summed E-state index contributed by atoms with van der Waals surface area (Å²) >= 11 is 0. The molecule has 0 bridgehead atoms. The summed E-state index contributed by atoms with van der Waals surface area (Å²) in [5, 5.41) is 3.33. The molecule has 2 aliphatic rings. The second-order valence-corrected chi connectivity index (χ2v) is 5.57. The van der Waals surface area contributed by atoms with Gasteiger partial charge in [-0.3, -0.25) is 10.1 Å². The lowest BCUT2D eigenvalue weighted by Gasteiger charge is -2.20. The van der Waals surface area contributed by atoms with Crippen LogP contribution in [0.3, 0.4) is 0 Å². The van der Waals surface area contributed by atoms with Crippen molar-refractivity contribution in [3.8, 4) is 0 Å². The van der Waals surface area contributed by atoms with Crippen LogP contribution in [0.4, 0.5) is 0 Å². The van der Waals surface area contributed by atoms with Crippen molar-refractivity contribution in [2.24, 2.45) is 11.3 Å². The van der Waals surface area contributed by atoms with Crippen LogP contribution in [0.2, 0.25) is 0 Å². The van der Waals surface area contributed by atoms with Crippen LogP contribution in [0.5, 0.6) is 0 Å². The molecule has 0 radical (unpaired) electrons. The summed E-state index contributed by atoms with van der Waals surface area (Å²) in [5.74, 6) is 0.770. The third-order valence-electron chi connectivity index (χ3n) is 3.97. The van der Waals surface area contributed by atoms with Gasteiger partial charge in [-0.25, -0.2) is 0 Å². The van der Waals surface area contributed by atoms with Gasteiger partial charge >= 0.3 is 0 Å². The fraction of sp³-hybridized carbons (Fsp3) is 0.917. The first kappa shape index (κ1) is 10.9. The van der Waals surface area contributed by atoms with Crippen LogP contribution in [-0.2, 0) is 4.79 Å². The highest BCUT2D eigenvalue weighted by molar-refractivity contribution is 5.84. The maximum Gasteiger partial charge on any atom is 0.241 e. The minimum absolute atomic E-state index is 0.0670. The van der Waals surface area contributed by atoms with Crippen molar-refractivity contribution in [1.29, 1.82) is 0 Å². The molecule has 1 saturated heterocycles. The van der Waals surface area contributed by atoms with Crippen LogP contribution >= 0.6 is 0 Å². The maximum absolute atomic E-state index is 12.1. The number of nitrogens with one attached hydrogen (secondary N) is 1. The lowest BCUT2D eigenvalue weighted by molar-refractivity contribution is -0.130. The molecule has 2 rings (SSSR count). The third-order valence-corrected chi connectivity index (χ3v) is 3.97. The van der Waals surface area contributed by atoms with Gasteiger partial charge in [-0.05, 0) is 24.2 Å². The van der Waals surface area contributed by atoms with E-state index in [1.807, 2.05) is 4.90 Å². The van der Waals surface area contributed by atoms with Crippen LogP contribution in [0.1, 0.15) is 40.0 Å². The second kappa shape index (κ2) is 3.78. The predicted molar refractivity (Wildman–Crippen MR) is 60.3 cm³/mol. The monoisotopic (exact) mass is 210 g/mol. The minimum atomic E-state index is 0.0670. The zero-order valence-electron chi connectivity index (χ0n) is 10.0. The lowest BCUT2D eigenvalue weighted by Crippen LogP contribution is -2.37. The molecular weight excluding hydrogens is 188 g/mol. The predicted octanol–water partition coefficient (Wildman–Crippen LogP) is 1.59. The minimum Gasteiger partial charge on any atom is -0.328 e. The Morgan fingerprint density at radius 3 is 2.80 bits per heavy atom. The molecule has 1 amide bonds. The fourth-order valence-electron chi connectivity index (χ4n) is 2.22. The van der Waals surface area contributed by atoms with Gasteiger partial charge in [0.2, 0.25) is 5.91 Å². The van der Waals surface area contributed by atoms with E-state index in [0.29, 0.717) is 17.2 Å². The highest BCUT2D eigenvalue weighted by atomic mass is 16.2. The third kappa shape index (κ3) is 2.17. The number of amides is 1. The summed E-state index contributed by atoms with van der Waals surface area (Å²) < 4.78 is 0.